The lowest BCUT2D eigenvalue weighted by Gasteiger charge is -2.41. The van der Waals surface area contributed by atoms with E-state index in [1.807, 2.05) is 6.07 Å². The van der Waals surface area contributed by atoms with E-state index in [2.05, 4.69) is 38.1 Å². The van der Waals surface area contributed by atoms with E-state index in [1.165, 1.54) is 36.8 Å². The predicted octanol–water partition coefficient (Wildman–Crippen LogP) is 3.39. The van der Waals surface area contributed by atoms with Crippen LogP contribution in [0.5, 0.6) is 0 Å². The second-order valence-corrected chi connectivity index (χ2v) is 6.52. The van der Waals surface area contributed by atoms with Gasteiger partial charge in [0.25, 0.3) is 0 Å². The third kappa shape index (κ3) is 2.96. The van der Waals surface area contributed by atoms with Crippen LogP contribution in [0.4, 0.5) is 0 Å². The monoisotopic (exact) mass is 280 g/mol. The molecule has 0 bridgehead atoms. The van der Waals surface area contributed by atoms with Crippen LogP contribution in [0.1, 0.15) is 36.8 Å². The first-order valence-electron chi connectivity index (χ1n) is 7.14. The average molecular weight is 281 g/mol. The molecule has 0 amide bonds. The van der Waals surface area contributed by atoms with Crippen molar-refractivity contribution in [2.45, 2.75) is 50.6 Å². The number of halogens is 1. The summed E-state index contributed by atoms with van der Waals surface area (Å²) in [5.41, 5.74) is 9.07. The van der Waals surface area contributed by atoms with Crippen LogP contribution in [-0.2, 0) is 6.42 Å². The normalized spacial score (nSPS) is 19.9. The van der Waals surface area contributed by atoms with Crippen molar-refractivity contribution in [2.75, 3.05) is 14.1 Å². The number of aryl methyl sites for hydroxylation is 1. The summed E-state index contributed by atoms with van der Waals surface area (Å²) >= 11 is 6.34. The van der Waals surface area contributed by atoms with E-state index in [0.29, 0.717) is 0 Å². The van der Waals surface area contributed by atoms with Crippen LogP contribution in [0.2, 0.25) is 5.02 Å². The smallest absolute Gasteiger partial charge is 0.0441 e. The molecule has 1 fully saturated rings. The number of hydrogen-bond donors (Lipinski definition) is 1. The van der Waals surface area contributed by atoms with Gasteiger partial charge < -0.3 is 10.6 Å². The molecule has 1 aliphatic rings. The van der Waals surface area contributed by atoms with E-state index in [0.717, 1.165) is 11.4 Å². The van der Waals surface area contributed by atoms with E-state index >= 15 is 0 Å². The number of nitrogens with zero attached hydrogens (tertiary/aromatic N) is 1. The van der Waals surface area contributed by atoms with E-state index in [4.69, 9.17) is 17.3 Å². The van der Waals surface area contributed by atoms with E-state index in [-0.39, 0.29) is 11.6 Å². The molecule has 3 heteroatoms. The van der Waals surface area contributed by atoms with Gasteiger partial charge in [0.05, 0.1) is 0 Å². The largest absolute Gasteiger partial charge is 0.326 e. The second kappa shape index (κ2) is 5.82. The van der Waals surface area contributed by atoms with Gasteiger partial charge in [-0.1, -0.05) is 36.6 Å². The van der Waals surface area contributed by atoms with Gasteiger partial charge >= 0.3 is 0 Å². The van der Waals surface area contributed by atoms with Gasteiger partial charge in [0.1, 0.15) is 0 Å². The highest BCUT2D eigenvalue weighted by Gasteiger charge is 2.41. The van der Waals surface area contributed by atoms with Crippen molar-refractivity contribution >= 4 is 11.6 Å². The van der Waals surface area contributed by atoms with Crippen LogP contribution in [0.25, 0.3) is 0 Å². The third-order valence-corrected chi connectivity index (χ3v) is 5.05. The van der Waals surface area contributed by atoms with Crippen LogP contribution >= 0.6 is 11.6 Å². The number of hydrogen-bond acceptors (Lipinski definition) is 2. The molecule has 0 heterocycles. The number of benzene rings is 1. The number of likely N-dealkylation sites (N-methyl/N-ethyl adjacent to an activating group) is 1. The van der Waals surface area contributed by atoms with Crippen molar-refractivity contribution in [3.8, 4) is 0 Å². The minimum Gasteiger partial charge on any atom is -0.326 e. The molecule has 106 valence electrons. The van der Waals surface area contributed by atoms with E-state index in [9.17, 15) is 0 Å². The molecule has 0 saturated heterocycles. The predicted molar refractivity (Wildman–Crippen MR) is 82.8 cm³/mol. The molecule has 2 N–H and O–H groups in total. The van der Waals surface area contributed by atoms with Gasteiger partial charge in [-0.05, 0) is 57.5 Å². The lowest BCUT2D eigenvalue weighted by molar-refractivity contribution is 0.123. The van der Waals surface area contributed by atoms with Crippen molar-refractivity contribution in [1.82, 2.24) is 4.90 Å². The van der Waals surface area contributed by atoms with E-state index in [1.54, 1.807) is 0 Å². The Kier molecular flexibility index (Phi) is 4.54. The van der Waals surface area contributed by atoms with Crippen molar-refractivity contribution in [1.29, 1.82) is 0 Å². The fourth-order valence-corrected chi connectivity index (χ4v) is 3.69. The molecular weight excluding hydrogens is 256 g/mol. The Bertz CT molecular complexity index is 436. The van der Waals surface area contributed by atoms with Crippen molar-refractivity contribution in [3.05, 3.63) is 34.3 Å². The Morgan fingerprint density at radius 2 is 1.95 bits per heavy atom. The van der Waals surface area contributed by atoms with Gasteiger partial charge in [-0.3, -0.25) is 0 Å². The van der Waals surface area contributed by atoms with Gasteiger partial charge in [0.15, 0.2) is 0 Å². The first kappa shape index (κ1) is 14.8. The highest BCUT2D eigenvalue weighted by Crippen LogP contribution is 2.37. The number of rotatable bonds is 4. The highest BCUT2D eigenvalue weighted by atomic mass is 35.5. The zero-order valence-electron chi connectivity index (χ0n) is 12.2. The van der Waals surface area contributed by atoms with Gasteiger partial charge in [-0.2, -0.15) is 0 Å². The minimum atomic E-state index is 0.144. The SMILES string of the molecule is Cc1ccc(CC(N)C2(N(C)C)CCCC2)c(Cl)c1. The molecule has 1 atom stereocenters. The maximum Gasteiger partial charge on any atom is 0.0441 e. The molecule has 1 aliphatic carbocycles. The average Bonchev–Trinajstić information content (AvgIpc) is 2.83. The summed E-state index contributed by atoms with van der Waals surface area (Å²) in [7, 11) is 4.31. The van der Waals surface area contributed by atoms with Gasteiger partial charge in [-0.25, -0.2) is 0 Å². The topological polar surface area (TPSA) is 29.3 Å². The lowest BCUT2D eigenvalue weighted by atomic mass is 9.83. The standard InChI is InChI=1S/C16H25ClN2/c1-12-6-7-13(14(17)10-12)11-15(18)16(19(2)3)8-4-5-9-16/h6-7,10,15H,4-5,8-9,11,18H2,1-3H3. The molecule has 0 radical (unpaired) electrons. The Morgan fingerprint density at radius 3 is 2.47 bits per heavy atom. The van der Waals surface area contributed by atoms with Crippen LogP contribution < -0.4 is 5.73 Å². The van der Waals surface area contributed by atoms with Crippen molar-refractivity contribution < 1.29 is 0 Å². The molecule has 19 heavy (non-hydrogen) atoms. The molecular formula is C16H25ClN2. The molecule has 1 unspecified atom stereocenters. The van der Waals surface area contributed by atoms with Crippen LogP contribution in [0, 0.1) is 6.92 Å². The second-order valence-electron chi connectivity index (χ2n) is 6.11. The summed E-state index contributed by atoms with van der Waals surface area (Å²) in [6.45, 7) is 2.06. The number of nitrogens with two attached hydrogens (primary N) is 1. The fourth-order valence-electron chi connectivity index (χ4n) is 3.38. The third-order valence-electron chi connectivity index (χ3n) is 4.70. The van der Waals surface area contributed by atoms with Crippen molar-refractivity contribution in [2.24, 2.45) is 5.73 Å². The molecule has 1 aromatic carbocycles. The highest BCUT2D eigenvalue weighted by molar-refractivity contribution is 6.31. The zero-order chi connectivity index (χ0) is 14.0. The summed E-state index contributed by atoms with van der Waals surface area (Å²) in [6, 6.07) is 6.41. The maximum absolute atomic E-state index is 6.55. The summed E-state index contributed by atoms with van der Waals surface area (Å²) in [5.74, 6) is 0. The molecule has 2 rings (SSSR count). The zero-order valence-corrected chi connectivity index (χ0v) is 13.0. The van der Waals surface area contributed by atoms with Gasteiger partial charge in [0.2, 0.25) is 0 Å². The van der Waals surface area contributed by atoms with Gasteiger partial charge in [0, 0.05) is 16.6 Å². The minimum absolute atomic E-state index is 0.144. The molecule has 2 nitrogen and oxygen atoms in total. The lowest BCUT2D eigenvalue weighted by Crippen LogP contribution is -2.56. The summed E-state index contributed by atoms with van der Waals surface area (Å²) in [6.07, 6.45) is 5.83. The quantitative estimate of drug-likeness (QED) is 0.916. The molecule has 0 spiro atoms. The van der Waals surface area contributed by atoms with Gasteiger partial charge in [-0.15, -0.1) is 0 Å². The van der Waals surface area contributed by atoms with Crippen molar-refractivity contribution in [3.63, 3.8) is 0 Å². The molecule has 0 aliphatic heterocycles. The molecule has 1 saturated carbocycles. The summed E-state index contributed by atoms with van der Waals surface area (Å²) in [4.78, 5) is 2.33. The Morgan fingerprint density at radius 1 is 1.32 bits per heavy atom. The Hall–Kier alpha value is -0.570. The first-order chi connectivity index (χ1) is 8.95. The van der Waals surface area contributed by atoms with E-state index < -0.39 is 0 Å². The van der Waals surface area contributed by atoms with Crippen LogP contribution in [-0.4, -0.2) is 30.6 Å². The fraction of sp³-hybridized carbons (Fsp3) is 0.625. The molecule has 1 aromatic rings. The van der Waals surface area contributed by atoms with Crippen LogP contribution in [0.15, 0.2) is 18.2 Å². The first-order valence-corrected chi connectivity index (χ1v) is 7.51. The Labute approximate surface area is 121 Å². The summed E-state index contributed by atoms with van der Waals surface area (Å²) < 4.78 is 0. The molecule has 0 aromatic heterocycles. The maximum atomic E-state index is 6.55. The Balaban J connectivity index is 2.17. The van der Waals surface area contributed by atoms with Crippen LogP contribution in [0.3, 0.4) is 0 Å². The summed E-state index contributed by atoms with van der Waals surface area (Å²) in [5, 5.41) is 0.849.